The predicted octanol–water partition coefficient (Wildman–Crippen LogP) is 5.74. The van der Waals surface area contributed by atoms with Gasteiger partial charge < -0.3 is 20.1 Å². The molecule has 1 heterocycles. The van der Waals surface area contributed by atoms with Crippen LogP contribution in [0.15, 0.2) is 83.1 Å². The third-order valence-electron chi connectivity index (χ3n) is 5.13. The molecule has 0 spiro atoms. The number of carbonyl (C=O) groups excluding carboxylic acids is 2. The van der Waals surface area contributed by atoms with Gasteiger partial charge >= 0.3 is 0 Å². The molecule has 0 unspecified atom stereocenters. The summed E-state index contributed by atoms with van der Waals surface area (Å²) in [6, 6.07) is 22.6. The summed E-state index contributed by atoms with van der Waals surface area (Å²) >= 11 is 2.74. The monoisotopic (exact) mass is 519 g/mol. The number of hydrogen-bond acceptors (Lipinski definition) is 7. The molecule has 4 aromatic rings. The number of nitrogens with zero attached hydrogens (tertiary/aromatic N) is 1. The molecule has 0 aliphatic heterocycles. The summed E-state index contributed by atoms with van der Waals surface area (Å²) < 4.78 is 10.6. The minimum absolute atomic E-state index is 0.0878. The smallest absolute Gasteiger partial charge is 0.236 e. The van der Waals surface area contributed by atoms with Crippen molar-refractivity contribution < 1.29 is 19.1 Å². The van der Waals surface area contributed by atoms with Crippen LogP contribution < -0.4 is 20.1 Å². The maximum Gasteiger partial charge on any atom is 0.236 e. The summed E-state index contributed by atoms with van der Waals surface area (Å²) in [5.74, 6) is 1.22. The fraction of sp³-hybridized carbons (Fsp3) is 0.148. The van der Waals surface area contributed by atoms with Crippen molar-refractivity contribution in [1.82, 2.24) is 4.98 Å². The Morgan fingerprint density at radius 3 is 2.47 bits per heavy atom. The molecule has 184 valence electrons. The first-order valence-corrected chi connectivity index (χ1v) is 12.9. The van der Waals surface area contributed by atoms with E-state index >= 15 is 0 Å². The van der Waals surface area contributed by atoms with Gasteiger partial charge in [0.1, 0.15) is 0 Å². The van der Waals surface area contributed by atoms with Crippen LogP contribution in [0.4, 0.5) is 10.8 Å². The highest BCUT2D eigenvalue weighted by Gasteiger charge is 2.12. The molecule has 36 heavy (non-hydrogen) atoms. The number of anilines is 2. The molecule has 2 N–H and O–H groups in total. The fourth-order valence-electron chi connectivity index (χ4n) is 3.41. The second-order valence-corrected chi connectivity index (χ2v) is 9.59. The molecular formula is C27H25N3O4S2. The summed E-state index contributed by atoms with van der Waals surface area (Å²) in [7, 11) is 3.17. The van der Waals surface area contributed by atoms with Gasteiger partial charge in [0, 0.05) is 21.5 Å². The summed E-state index contributed by atoms with van der Waals surface area (Å²) in [6.45, 7) is 0. The lowest BCUT2D eigenvalue weighted by molar-refractivity contribution is -0.115. The standard InChI is InChI=1S/C27H25N3O4S2/c1-33-23-12-11-19(14-24(23)34-2)22-16-36-27(29-22)30-26(32)17-35-21-10-6-9-20(15-21)28-25(31)13-18-7-4-3-5-8-18/h3-12,14-16H,13,17H2,1-2H3,(H,28,31)(H,29,30,32). The highest BCUT2D eigenvalue weighted by molar-refractivity contribution is 8.00. The van der Waals surface area contributed by atoms with Crippen LogP contribution in [0.2, 0.25) is 0 Å². The Morgan fingerprint density at radius 2 is 1.69 bits per heavy atom. The summed E-state index contributed by atoms with van der Waals surface area (Å²) in [5.41, 5.74) is 3.25. The Hall–Kier alpha value is -3.82. The first kappa shape index (κ1) is 25.3. The molecular weight excluding hydrogens is 494 g/mol. The van der Waals surface area contributed by atoms with Crippen molar-refractivity contribution in [2.45, 2.75) is 11.3 Å². The van der Waals surface area contributed by atoms with E-state index in [-0.39, 0.29) is 17.6 Å². The van der Waals surface area contributed by atoms with Crippen molar-refractivity contribution in [3.05, 3.63) is 83.7 Å². The Balaban J connectivity index is 1.30. The van der Waals surface area contributed by atoms with Crippen molar-refractivity contribution in [1.29, 1.82) is 0 Å². The number of hydrogen-bond donors (Lipinski definition) is 2. The number of thiazole rings is 1. The number of benzene rings is 3. The fourth-order valence-corrected chi connectivity index (χ4v) is 4.90. The van der Waals surface area contributed by atoms with Crippen molar-refractivity contribution in [3.63, 3.8) is 0 Å². The van der Waals surface area contributed by atoms with Crippen LogP contribution >= 0.6 is 23.1 Å². The predicted molar refractivity (Wildman–Crippen MR) is 145 cm³/mol. The number of methoxy groups -OCH3 is 2. The summed E-state index contributed by atoms with van der Waals surface area (Å²) in [4.78, 5) is 30.2. The van der Waals surface area contributed by atoms with Gasteiger partial charge in [-0.1, -0.05) is 36.4 Å². The molecule has 3 aromatic carbocycles. The summed E-state index contributed by atoms with van der Waals surface area (Å²) in [5, 5.41) is 8.16. The number of rotatable bonds is 10. The number of carbonyl (C=O) groups is 2. The van der Waals surface area contributed by atoms with Gasteiger partial charge in [0.2, 0.25) is 11.8 Å². The average Bonchev–Trinajstić information content (AvgIpc) is 3.36. The van der Waals surface area contributed by atoms with Crippen LogP contribution in [0.5, 0.6) is 11.5 Å². The molecule has 0 aliphatic carbocycles. The van der Waals surface area contributed by atoms with Crippen molar-refractivity contribution in [3.8, 4) is 22.8 Å². The topological polar surface area (TPSA) is 89.6 Å². The second kappa shape index (κ2) is 12.2. The van der Waals surface area contributed by atoms with Crippen LogP contribution in [0.3, 0.4) is 0 Å². The SMILES string of the molecule is COc1ccc(-c2csc(NC(=O)CSc3cccc(NC(=O)Cc4ccccc4)c3)n2)cc1OC. The lowest BCUT2D eigenvalue weighted by Crippen LogP contribution is -2.14. The van der Waals surface area contributed by atoms with E-state index in [0.29, 0.717) is 28.7 Å². The molecule has 0 fully saturated rings. The second-order valence-electron chi connectivity index (χ2n) is 7.68. The maximum atomic E-state index is 12.5. The number of aromatic nitrogens is 1. The van der Waals surface area contributed by atoms with E-state index in [9.17, 15) is 9.59 Å². The minimum Gasteiger partial charge on any atom is -0.493 e. The Kier molecular flexibility index (Phi) is 8.59. The zero-order chi connectivity index (χ0) is 25.3. The van der Waals surface area contributed by atoms with Crippen LogP contribution in [0, 0.1) is 0 Å². The number of ether oxygens (including phenoxy) is 2. The molecule has 4 rings (SSSR count). The molecule has 0 saturated carbocycles. The van der Waals surface area contributed by atoms with Crippen LogP contribution in [-0.2, 0) is 16.0 Å². The first-order valence-electron chi connectivity index (χ1n) is 11.1. The normalized spacial score (nSPS) is 10.5. The van der Waals surface area contributed by atoms with E-state index in [4.69, 9.17) is 9.47 Å². The molecule has 9 heteroatoms. The van der Waals surface area contributed by atoms with E-state index in [1.165, 1.54) is 23.1 Å². The molecule has 2 amide bonds. The van der Waals surface area contributed by atoms with Crippen LogP contribution in [0.25, 0.3) is 11.3 Å². The molecule has 0 aliphatic rings. The van der Waals surface area contributed by atoms with Gasteiger partial charge in [0.05, 0.1) is 32.1 Å². The molecule has 0 radical (unpaired) electrons. The average molecular weight is 520 g/mol. The molecule has 1 aromatic heterocycles. The lowest BCUT2D eigenvalue weighted by Gasteiger charge is -2.08. The number of amides is 2. The molecule has 0 saturated heterocycles. The Morgan fingerprint density at radius 1 is 0.889 bits per heavy atom. The van der Waals surface area contributed by atoms with E-state index in [2.05, 4.69) is 15.6 Å². The minimum atomic E-state index is -0.160. The van der Waals surface area contributed by atoms with Gasteiger partial charge in [-0.05, 0) is 42.0 Å². The quantitative estimate of drug-likeness (QED) is 0.260. The van der Waals surface area contributed by atoms with E-state index < -0.39 is 0 Å². The van der Waals surface area contributed by atoms with Crippen LogP contribution in [-0.4, -0.2) is 36.8 Å². The Bertz CT molecular complexity index is 1340. The third-order valence-corrected chi connectivity index (χ3v) is 6.88. The molecule has 0 bridgehead atoms. The summed E-state index contributed by atoms with van der Waals surface area (Å²) in [6.07, 6.45) is 0.305. The van der Waals surface area contributed by atoms with E-state index in [1.807, 2.05) is 78.2 Å². The van der Waals surface area contributed by atoms with Gasteiger partial charge in [-0.25, -0.2) is 4.98 Å². The lowest BCUT2D eigenvalue weighted by atomic mass is 10.1. The van der Waals surface area contributed by atoms with E-state index in [0.717, 1.165) is 21.7 Å². The van der Waals surface area contributed by atoms with Crippen LogP contribution in [0.1, 0.15) is 5.56 Å². The third kappa shape index (κ3) is 6.87. The van der Waals surface area contributed by atoms with Gasteiger partial charge in [0.15, 0.2) is 16.6 Å². The Labute approximate surface area is 217 Å². The van der Waals surface area contributed by atoms with Gasteiger partial charge in [-0.3, -0.25) is 9.59 Å². The highest BCUT2D eigenvalue weighted by Crippen LogP contribution is 2.33. The van der Waals surface area contributed by atoms with Gasteiger partial charge in [0.25, 0.3) is 0 Å². The van der Waals surface area contributed by atoms with Crippen molar-refractivity contribution in [2.24, 2.45) is 0 Å². The van der Waals surface area contributed by atoms with E-state index in [1.54, 1.807) is 14.2 Å². The van der Waals surface area contributed by atoms with Gasteiger partial charge in [-0.15, -0.1) is 23.1 Å². The van der Waals surface area contributed by atoms with Crippen molar-refractivity contribution >= 4 is 45.7 Å². The zero-order valence-corrected chi connectivity index (χ0v) is 21.4. The number of thioether (sulfide) groups is 1. The maximum absolute atomic E-state index is 12.5. The molecule has 0 atom stereocenters. The highest BCUT2D eigenvalue weighted by atomic mass is 32.2. The largest absolute Gasteiger partial charge is 0.493 e. The first-order chi connectivity index (χ1) is 17.5. The molecule has 7 nitrogen and oxygen atoms in total. The number of nitrogens with one attached hydrogen (secondary N) is 2. The van der Waals surface area contributed by atoms with Crippen molar-refractivity contribution in [2.75, 3.05) is 30.6 Å². The zero-order valence-electron chi connectivity index (χ0n) is 19.8. The van der Waals surface area contributed by atoms with Gasteiger partial charge in [-0.2, -0.15) is 0 Å².